The number of nitrogens with zero attached hydrogens (tertiary/aromatic N) is 3. The fourth-order valence-electron chi connectivity index (χ4n) is 2.57. The largest absolute Gasteiger partial charge is 0.451 e. The van der Waals surface area contributed by atoms with Crippen LogP contribution in [0.1, 0.15) is 31.6 Å². The van der Waals surface area contributed by atoms with Crippen molar-refractivity contribution < 1.29 is 14.3 Å². The number of aromatic nitrogens is 3. The Kier molecular flexibility index (Phi) is 5.36. The fourth-order valence-corrected chi connectivity index (χ4v) is 3.38. The van der Waals surface area contributed by atoms with Gasteiger partial charge < -0.3 is 10.1 Å². The second-order valence-electron chi connectivity index (χ2n) is 6.19. The Morgan fingerprint density at radius 2 is 1.85 bits per heavy atom. The average Bonchev–Trinajstić information content (AvgIpc) is 3.15. The first-order valence-electron chi connectivity index (χ1n) is 8.38. The van der Waals surface area contributed by atoms with Gasteiger partial charge in [0, 0.05) is 6.07 Å². The maximum Gasteiger partial charge on any atom is 0.350 e. The van der Waals surface area contributed by atoms with E-state index in [2.05, 4.69) is 15.4 Å². The summed E-state index contributed by atoms with van der Waals surface area (Å²) in [5, 5.41) is 7.93. The number of benzene rings is 1. The number of nitrogens with one attached hydrogen (secondary N) is 1. The summed E-state index contributed by atoms with van der Waals surface area (Å²) in [4.78, 5) is 29.0. The number of thiazole rings is 1. The minimum Gasteiger partial charge on any atom is -0.451 e. The summed E-state index contributed by atoms with van der Waals surface area (Å²) in [5.74, 6) is -0.464. The van der Waals surface area contributed by atoms with Gasteiger partial charge >= 0.3 is 5.97 Å². The lowest BCUT2D eigenvalue weighted by Gasteiger charge is -2.09. The van der Waals surface area contributed by atoms with Crippen LogP contribution in [0.25, 0.3) is 5.69 Å². The molecule has 27 heavy (non-hydrogen) atoms. The molecule has 0 aliphatic rings. The maximum absolute atomic E-state index is 12.2. The first kappa shape index (κ1) is 18.8. The number of anilines is 1. The first-order valence-corrected chi connectivity index (χ1v) is 9.20. The quantitative estimate of drug-likeness (QED) is 0.682. The highest BCUT2D eigenvalue weighted by atomic mass is 32.1. The third kappa shape index (κ3) is 4.40. The van der Waals surface area contributed by atoms with Crippen LogP contribution in [-0.4, -0.2) is 33.2 Å². The monoisotopic (exact) mass is 384 g/mol. The molecule has 3 rings (SSSR count). The molecule has 1 amide bonds. The molecule has 7 nitrogen and oxygen atoms in total. The highest BCUT2D eigenvalue weighted by Crippen LogP contribution is 2.19. The molecule has 0 unspecified atom stereocenters. The molecule has 3 aromatic rings. The van der Waals surface area contributed by atoms with Gasteiger partial charge in [-0.15, -0.1) is 11.3 Å². The summed E-state index contributed by atoms with van der Waals surface area (Å²) in [6, 6.07) is 9.55. The second kappa shape index (κ2) is 7.71. The van der Waals surface area contributed by atoms with Gasteiger partial charge in [-0.2, -0.15) is 5.10 Å². The van der Waals surface area contributed by atoms with Gasteiger partial charge in [0.25, 0.3) is 5.91 Å². The molecule has 0 saturated heterocycles. The number of ether oxygens (including phenoxy) is 1. The molecule has 140 valence electrons. The van der Waals surface area contributed by atoms with E-state index in [-0.39, 0.29) is 6.61 Å². The van der Waals surface area contributed by atoms with Crippen molar-refractivity contribution >= 4 is 29.0 Å². The third-order valence-electron chi connectivity index (χ3n) is 3.80. The van der Waals surface area contributed by atoms with Crippen LogP contribution in [-0.2, 0) is 9.53 Å². The van der Waals surface area contributed by atoms with Crippen molar-refractivity contribution in [2.45, 2.75) is 27.7 Å². The predicted octanol–water partition coefficient (Wildman–Crippen LogP) is 3.36. The minimum atomic E-state index is -0.545. The van der Waals surface area contributed by atoms with Gasteiger partial charge in [0.05, 0.1) is 22.1 Å². The Hall–Kier alpha value is -3.00. The van der Waals surface area contributed by atoms with Crippen molar-refractivity contribution in [1.82, 2.24) is 14.8 Å². The van der Waals surface area contributed by atoms with Crippen molar-refractivity contribution in [2.24, 2.45) is 0 Å². The van der Waals surface area contributed by atoms with E-state index >= 15 is 0 Å². The number of aryl methyl sites for hydroxylation is 4. The Bertz CT molecular complexity index is 989. The minimum absolute atomic E-state index is 0.382. The zero-order valence-electron chi connectivity index (χ0n) is 15.6. The lowest BCUT2D eigenvalue weighted by atomic mass is 10.2. The second-order valence-corrected chi connectivity index (χ2v) is 7.39. The van der Waals surface area contributed by atoms with Crippen molar-refractivity contribution in [3.63, 3.8) is 0 Å². The van der Waals surface area contributed by atoms with Gasteiger partial charge in [-0.05, 0) is 39.8 Å². The number of carbonyl (C=O) groups excluding carboxylic acids is 2. The van der Waals surface area contributed by atoms with Crippen molar-refractivity contribution in [2.75, 3.05) is 11.9 Å². The smallest absolute Gasteiger partial charge is 0.350 e. The van der Waals surface area contributed by atoms with E-state index in [1.165, 1.54) is 11.3 Å². The van der Waals surface area contributed by atoms with Crippen LogP contribution in [0.4, 0.5) is 5.82 Å². The highest BCUT2D eigenvalue weighted by Gasteiger charge is 2.17. The van der Waals surface area contributed by atoms with E-state index in [1.54, 1.807) is 17.7 Å². The molecule has 0 radical (unpaired) electrons. The Morgan fingerprint density at radius 1 is 1.15 bits per heavy atom. The predicted molar refractivity (Wildman–Crippen MR) is 104 cm³/mol. The van der Waals surface area contributed by atoms with Crippen molar-refractivity contribution in [3.8, 4) is 5.69 Å². The number of hydrogen-bond acceptors (Lipinski definition) is 6. The highest BCUT2D eigenvalue weighted by molar-refractivity contribution is 7.13. The van der Waals surface area contributed by atoms with Gasteiger partial charge in [-0.1, -0.05) is 17.7 Å². The fraction of sp³-hybridized carbons (Fsp3) is 0.263. The van der Waals surface area contributed by atoms with E-state index in [0.29, 0.717) is 16.4 Å². The summed E-state index contributed by atoms with van der Waals surface area (Å²) in [7, 11) is 0. The number of amides is 1. The molecule has 0 fully saturated rings. The SMILES string of the molecule is Cc1ccc(-n2nc(C)cc2NC(=O)COC(=O)c2sc(C)nc2C)cc1. The third-order valence-corrected chi connectivity index (χ3v) is 4.85. The van der Waals surface area contributed by atoms with E-state index < -0.39 is 11.9 Å². The summed E-state index contributed by atoms with van der Waals surface area (Å²) < 4.78 is 6.76. The molecular formula is C19H20N4O3S. The summed E-state index contributed by atoms with van der Waals surface area (Å²) in [5.41, 5.74) is 3.33. The molecule has 0 aliphatic carbocycles. The molecule has 1 N–H and O–H groups in total. The molecule has 0 saturated carbocycles. The molecule has 0 aliphatic heterocycles. The zero-order chi connectivity index (χ0) is 19.6. The van der Waals surface area contributed by atoms with Crippen molar-refractivity contribution in [3.05, 3.63) is 57.2 Å². The van der Waals surface area contributed by atoms with Gasteiger partial charge in [-0.25, -0.2) is 14.5 Å². The topological polar surface area (TPSA) is 86.1 Å². The van der Waals surface area contributed by atoms with E-state index in [9.17, 15) is 9.59 Å². The van der Waals surface area contributed by atoms with Crippen LogP contribution in [0.5, 0.6) is 0 Å². The number of hydrogen-bond donors (Lipinski definition) is 1. The van der Waals surface area contributed by atoms with E-state index in [0.717, 1.165) is 22.0 Å². The number of esters is 1. The van der Waals surface area contributed by atoms with Gasteiger partial charge in [0.1, 0.15) is 10.7 Å². The molecule has 0 atom stereocenters. The van der Waals surface area contributed by atoms with Gasteiger partial charge in [0.2, 0.25) is 0 Å². The standard InChI is InChI=1S/C19H20N4O3S/c1-11-5-7-15(8-6-11)23-16(9-12(2)22-23)21-17(24)10-26-19(25)18-13(3)20-14(4)27-18/h5-9H,10H2,1-4H3,(H,21,24). The number of rotatable bonds is 5. The molecule has 2 aromatic heterocycles. The molecule has 0 bridgehead atoms. The van der Waals surface area contributed by atoms with Crippen LogP contribution in [0, 0.1) is 27.7 Å². The van der Waals surface area contributed by atoms with Gasteiger partial charge in [-0.3, -0.25) is 4.79 Å². The van der Waals surface area contributed by atoms with Crippen LogP contribution < -0.4 is 5.32 Å². The van der Waals surface area contributed by atoms with E-state index in [4.69, 9.17) is 4.74 Å². The Labute approximate surface area is 161 Å². The summed E-state index contributed by atoms with van der Waals surface area (Å²) in [6.07, 6.45) is 0. The lowest BCUT2D eigenvalue weighted by molar-refractivity contribution is -0.119. The maximum atomic E-state index is 12.2. The lowest BCUT2D eigenvalue weighted by Crippen LogP contribution is -2.22. The van der Waals surface area contributed by atoms with Crippen LogP contribution in [0.2, 0.25) is 0 Å². The Balaban J connectivity index is 1.67. The van der Waals surface area contributed by atoms with Crippen molar-refractivity contribution in [1.29, 1.82) is 0 Å². The van der Waals surface area contributed by atoms with Crippen LogP contribution in [0.3, 0.4) is 0 Å². The van der Waals surface area contributed by atoms with Crippen LogP contribution in [0.15, 0.2) is 30.3 Å². The first-order chi connectivity index (χ1) is 12.8. The molecule has 2 heterocycles. The van der Waals surface area contributed by atoms with Gasteiger partial charge in [0.15, 0.2) is 6.61 Å². The molecular weight excluding hydrogens is 364 g/mol. The normalized spacial score (nSPS) is 10.7. The Morgan fingerprint density at radius 3 is 2.48 bits per heavy atom. The average molecular weight is 384 g/mol. The molecule has 1 aromatic carbocycles. The zero-order valence-corrected chi connectivity index (χ0v) is 16.4. The molecule has 0 spiro atoms. The summed E-state index contributed by atoms with van der Waals surface area (Å²) in [6.45, 7) is 7.02. The number of carbonyl (C=O) groups is 2. The summed E-state index contributed by atoms with van der Waals surface area (Å²) >= 11 is 1.25. The van der Waals surface area contributed by atoms with Crippen LogP contribution >= 0.6 is 11.3 Å². The van der Waals surface area contributed by atoms with E-state index in [1.807, 2.05) is 45.0 Å². The molecule has 8 heteroatoms.